The van der Waals surface area contributed by atoms with Crippen molar-refractivity contribution in [2.75, 3.05) is 0 Å². The minimum Gasteiger partial charge on any atom is -0.386 e. The van der Waals surface area contributed by atoms with Gasteiger partial charge in [0.25, 0.3) is 10.1 Å². The monoisotopic (exact) mass is 334 g/mol. The van der Waals surface area contributed by atoms with E-state index < -0.39 is 22.1 Å². The molecule has 0 aliphatic carbocycles. The molecule has 0 bridgehead atoms. The quantitative estimate of drug-likeness (QED) is 0.526. The molecule has 0 spiro atoms. The lowest BCUT2D eigenvalue weighted by molar-refractivity contribution is 0.0391. The molecular formula is C16H14O6S. The van der Waals surface area contributed by atoms with Gasteiger partial charge in [0.1, 0.15) is 4.90 Å². The number of carbonyl (C=O) groups is 2. The molecular weight excluding hydrogens is 320 g/mol. The molecule has 1 aliphatic rings. The smallest absolute Gasteiger partial charge is 0.346 e. The van der Waals surface area contributed by atoms with Gasteiger partial charge in [-0.1, -0.05) is 13.8 Å². The summed E-state index contributed by atoms with van der Waals surface area (Å²) in [5.41, 5.74) is 0.979. The Hall–Kier alpha value is -2.25. The van der Waals surface area contributed by atoms with Gasteiger partial charge in [0.05, 0.1) is 11.1 Å². The van der Waals surface area contributed by atoms with Crippen molar-refractivity contribution in [2.45, 2.75) is 25.2 Å². The van der Waals surface area contributed by atoms with E-state index in [9.17, 15) is 22.6 Å². The third-order valence-electron chi connectivity index (χ3n) is 3.68. The van der Waals surface area contributed by atoms with E-state index in [0.29, 0.717) is 6.42 Å². The van der Waals surface area contributed by atoms with Crippen LogP contribution in [0.4, 0.5) is 0 Å². The molecule has 0 radical (unpaired) electrons. The average molecular weight is 334 g/mol. The lowest BCUT2D eigenvalue weighted by Crippen LogP contribution is -2.20. The summed E-state index contributed by atoms with van der Waals surface area (Å²) in [5.74, 6) is -1.37. The summed E-state index contributed by atoms with van der Waals surface area (Å²) in [4.78, 5) is 23.5. The minimum absolute atomic E-state index is 0.109. The predicted octanol–water partition coefficient (Wildman–Crippen LogP) is 2.60. The van der Waals surface area contributed by atoms with Crippen molar-refractivity contribution in [3.8, 4) is 0 Å². The Morgan fingerprint density at radius 3 is 2.35 bits per heavy atom. The highest BCUT2D eigenvalue weighted by Gasteiger charge is 2.30. The van der Waals surface area contributed by atoms with Crippen molar-refractivity contribution in [2.24, 2.45) is 5.92 Å². The summed E-state index contributed by atoms with van der Waals surface area (Å²) in [6.07, 6.45) is 0.610. The van der Waals surface area contributed by atoms with Crippen molar-refractivity contribution in [1.29, 1.82) is 0 Å². The van der Waals surface area contributed by atoms with Crippen molar-refractivity contribution >= 4 is 32.8 Å². The highest BCUT2D eigenvalue weighted by atomic mass is 32.2. The van der Waals surface area contributed by atoms with E-state index in [4.69, 9.17) is 4.74 Å². The van der Waals surface area contributed by atoms with Gasteiger partial charge in [0.15, 0.2) is 0 Å². The molecule has 3 rings (SSSR count). The summed E-state index contributed by atoms with van der Waals surface area (Å²) in [6.45, 7) is 3.97. The van der Waals surface area contributed by atoms with Crippen LogP contribution in [0.25, 0.3) is 10.8 Å². The molecule has 0 saturated carbocycles. The van der Waals surface area contributed by atoms with Crippen molar-refractivity contribution in [1.82, 2.24) is 0 Å². The second-order valence-corrected chi connectivity index (χ2v) is 7.32. The number of hydrogen-bond acceptors (Lipinski definition) is 5. The number of benzene rings is 2. The Bertz CT molecular complexity index is 956. The van der Waals surface area contributed by atoms with E-state index in [2.05, 4.69) is 0 Å². The molecule has 2 aromatic rings. The van der Waals surface area contributed by atoms with Crippen molar-refractivity contribution < 1.29 is 27.3 Å². The zero-order valence-corrected chi connectivity index (χ0v) is 13.3. The Labute approximate surface area is 132 Å². The van der Waals surface area contributed by atoms with Crippen LogP contribution in [-0.2, 0) is 21.3 Å². The van der Waals surface area contributed by atoms with E-state index >= 15 is 0 Å². The van der Waals surface area contributed by atoms with Crippen LogP contribution in [0.2, 0.25) is 0 Å². The fourth-order valence-electron chi connectivity index (χ4n) is 2.86. The van der Waals surface area contributed by atoms with Crippen LogP contribution in [0, 0.1) is 5.92 Å². The first kappa shape index (κ1) is 15.6. The minimum atomic E-state index is -4.49. The van der Waals surface area contributed by atoms with Gasteiger partial charge in [-0.05, 0) is 42.2 Å². The standard InChI is InChI=1S/C16H14O6S/c1-8(2)5-9-6-11-13(23(19,20)21)4-3-10-14(11)12(7-9)16(18)22-15(10)17/h3-4,6-8H,5H2,1-2H3,(H,19,20,21). The van der Waals surface area contributed by atoms with Gasteiger partial charge in [-0.2, -0.15) is 8.42 Å². The van der Waals surface area contributed by atoms with Gasteiger partial charge >= 0.3 is 11.9 Å². The Balaban J connectivity index is 2.46. The molecule has 1 N–H and O–H groups in total. The third-order valence-corrected chi connectivity index (χ3v) is 4.59. The maximum Gasteiger partial charge on any atom is 0.346 e. The second kappa shape index (κ2) is 5.14. The summed E-state index contributed by atoms with van der Waals surface area (Å²) in [5, 5.41) is 0.358. The Morgan fingerprint density at radius 2 is 1.74 bits per heavy atom. The normalized spacial score (nSPS) is 14.4. The molecule has 0 unspecified atom stereocenters. The van der Waals surface area contributed by atoms with Crippen molar-refractivity contribution in [3.05, 3.63) is 41.0 Å². The van der Waals surface area contributed by atoms with Crippen LogP contribution in [-0.4, -0.2) is 24.9 Å². The molecule has 0 saturated heterocycles. The molecule has 0 aromatic heterocycles. The summed E-state index contributed by atoms with van der Waals surface area (Å²) >= 11 is 0. The molecule has 23 heavy (non-hydrogen) atoms. The molecule has 120 valence electrons. The van der Waals surface area contributed by atoms with Crippen LogP contribution < -0.4 is 0 Å². The van der Waals surface area contributed by atoms with Gasteiger partial charge in [-0.3, -0.25) is 4.55 Å². The first-order valence-electron chi connectivity index (χ1n) is 7.02. The lowest BCUT2D eigenvalue weighted by Gasteiger charge is -2.18. The van der Waals surface area contributed by atoms with Gasteiger partial charge < -0.3 is 4.74 Å². The number of cyclic esters (lactones) is 2. The summed E-state index contributed by atoms with van der Waals surface area (Å²) < 4.78 is 37.4. The first-order chi connectivity index (χ1) is 10.7. The molecule has 6 nitrogen and oxygen atoms in total. The number of rotatable bonds is 3. The molecule has 0 atom stereocenters. The number of carbonyl (C=O) groups excluding carboxylic acids is 2. The third kappa shape index (κ3) is 2.62. The largest absolute Gasteiger partial charge is 0.386 e. The first-order valence-corrected chi connectivity index (χ1v) is 8.46. The van der Waals surface area contributed by atoms with Crippen molar-refractivity contribution in [3.63, 3.8) is 0 Å². The zero-order valence-electron chi connectivity index (χ0n) is 12.5. The molecule has 0 fully saturated rings. The van der Waals surface area contributed by atoms with Crippen LogP contribution in [0.5, 0.6) is 0 Å². The summed E-state index contributed by atoms with van der Waals surface area (Å²) in [7, 11) is -4.49. The highest BCUT2D eigenvalue weighted by Crippen LogP contribution is 2.34. The molecule has 0 amide bonds. The topological polar surface area (TPSA) is 97.7 Å². The van der Waals surface area contributed by atoms with E-state index in [-0.39, 0.29) is 32.7 Å². The highest BCUT2D eigenvalue weighted by molar-refractivity contribution is 7.86. The van der Waals surface area contributed by atoms with E-state index in [0.717, 1.165) is 11.6 Å². The Kier molecular flexibility index (Phi) is 3.50. The van der Waals surface area contributed by atoms with Crippen LogP contribution >= 0.6 is 0 Å². The Morgan fingerprint density at radius 1 is 1.09 bits per heavy atom. The maximum atomic E-state index is 12.0. The second-order valence-electron chi connectivity index (χ2n) is 5.93. The van der Waals surface area contributed by atoms with Crippen LogP contribution in [0.15, 0.2) is 29.2 Å². The van der Waals surface area contributed by atoms with E-state index in [1.807, 2.05) is 13.8 Å². The summed E-state index contributed by atoms with van der Waals surface area (Å²) in [6, 6.07) is 5.59. The number of hydrogen-bond donors (Lipinski definition) is 1. The van der Waals surface area contributed by atoms with Gasteiger partial charge in [-0.15, -0.1) is 0 Å². The fourth-order valence-corrected chi connectivity index (χ4v) is 3.54. The molecule has 1 heterocycles. The number of ether oxygens (including phenoxy) is 1. The van der Waals surface area contributed by atoms with Gasteiger partial charge in [0, 0.05) is 10.8 Å². The van der Waals surface area contributed by atoms with E-state index in [1.165, 1.54) is 6.07 Å². The molecule has 2 aromatic carbocycles. The van der Waals surface area contributed by atoms with Crippen LogP contribution in [0.1, 0.15) is 40.1 Å². The van der Waals surface area contributed by atoms with E-state index in [1.54, 1.807) is 12.1 Å². The zero-order chi connectivity index (χ0) is 16.9. The lowest BCUT2D eigenvalue weighted by atomic mass is 9.92. The number of esters is 2. The molecule has 1 aliphatic heterocycles. The van der Waals surface area contributed by atoms with Gasteiger partial charge in [0.2, 0.25) is 0 Å². The van der Waals surface area contributed by atoms with Gasteiger partial charge in [-0.25, -0.2) is 9.59 Å². The molecule has 7 heteroatoms. The maximum absolute atomic E-state index is 12.0. The average Bonchev–Trinajstić information content (AvgIpc) is 2.41. The SMILES string of the molecule is CC(C)Cc1cc2c3c(ccc(S(=O)(=O)O)c3c1)C(=O)OC2=O. The van der Waals surface area contributed by atoms with Crippen LogP contribution in [0.3, 0.4) is 0 Å². The predicted molar refractivity (Wildman–Crippen MR) is 82.1 cm³/mol. The fraction of sp³-hybridized carbons (Fsp3) is 0.250.